The first kappa shape index (κ1) is 12.6. The Morgan fingerprint density at radius 2 is 1.94 bits per heavy atom. The SMILES string of the molecule is CC1=CC(C2CC=C(C)C2(C)C)CC(C)C1=O. The Bertz CT molecular complexity index is 398. The third-order valence-electron chi connectivity index (χ3n) is 5.06. The Balaban J connectivity index is 2.24. The molecule has 0 spiro atoms. The summed E-state index contributed by atoms with van der Waals surface area (Å²) in [5.74, 6) is 1.81. The van der Waals surface area contributed by atoms with Gasteiger partial charge in [-0.2, -0.15) is 0 Å². The molecule has 0 amide bonds. The Hall–Kier alpha value is -0.850. The number of hydrogen-bond donors (Lipinski definition) is 0. The van der Waals surface area contributed by atoms with E-state index in [4.69, 9.17) is 0 Å². The Labute approximate surface area is 105 Å². The average molecular weight is 232 g/mol. The lowest BCUT2D eigenvalue weighted by atomic mass is 9.66. The maximum atomic E-state index is 11.8. The molecule has 3 unspecified atom stereocenters. The average Bonchev–Trinajstić information content (AvgIpc) is 2.50. The van der Waals surface area contributed by atoms with Gasteiger partial charge in [0.05, 0.1) is 0 Å². The number of carbonyl (C=O) groups is 1. The summed E-state index contributed by atoms with van der Waals surface area (Å²) in [6, 6.07) is 0. The van der Waals surface area contributed by atoms with Crippen molar-refractivity contribution in [2.24, 2.45) is 23.2 Å². The van der Waals surface area contributed by atoms with Gasteiger partial charge in [0.2, 0.25) is 0 Å². The highest BCUT2D eigenvalue weighted by Gasteiger charge is 2.41. The summed E-state index contributed by atoms with van der Waals surface area (Å²) in [5, 5.41) is 0. The summed E-state index contributed by atoms with van der Waals surface area (Å²) < 4.78 is 0. The van der Waals surface area contributed by atoms with Gasteiger partial charge < -0.3 is 0 Å². The van der Waals surface area contributed by atoms with Crippen LogP contribution in [0.3, 0.4) is 0 Å². The van der Waals surface area contributed by atoms with Crippen LogP contribution in [0, 0.1) is 23.2 Å². The molecule has 0 saturated carbocycles. The predicted molar refractivity (Wildman–Crippen MR) is 71.7 cm³/mol. The summed E-state index contributed by atoms with van der Waals surface area (Å²) in [6.45, 7) is 11.0. The lowest BCUT2D eigenvalue weighted by molar-refractivity contribution is -0.119. The predicted octanol–water partition coefficient (Wildman–Crippen LogP) is 4.15. The van der Waals surface area contributed by atoms with Crippen LogP contribution in [0.4, 0.5) is 0 Å². The lowest BCUT2D eigenvalue weighted by Crippen LogP contribution is -2.32. The molecule has 0 bridgehead atoms. The molecule has 0 N–H and O–H groups in total. The van der Waals surface area contributed by atoms with Gasteiger partial charge in [0, 0.05) is 5.92 Å². The van der Waals surface area contributed by atoms with Crippen molar-refractivity contribution >= 4 is 5.78 Å². The molecule has 2 aliphatic carbocycles. The molecule has 1 heteroatoms. The van der Waals surface area contributed by atoms with E-state index < -0.39 is 0 Å². The van der Waals surface area contributed by atoms with Gasteiger partial charge in [0.25, 0.3) is 0 Å². The molecule has 0 aliphatic heterocycles. The van der Waals surface area contributed by atoms with Crippen molar-refractivity contribution in [3.63, 3.8) is 0 Å². The lowest BCUT2D eigenvalue weighted by Gasteiger charge is -2.37. The van der Waals surface area contributed by atoms with Crippen molar-refractivity contribution in [3.8, 4) is 0 Å². The molecule has 1 nitrogen and oxygen atoms in total. The summed E-state index contributed by atoms with van der Waals surface area (Å²) in [6.07, 6.45) is 6.83. The van der Waals surface area contributed by atoms with Crippen LogP contribution in [-0.2, 0) is 4.79 Å². The minimum atomic E-state index is 0.210. The van der Waals surface area contributed by atoms with Crippen molar-refractivity contribution < 1.29 is 4.79 Å². The molecule has 0 aromatic rings. The second-order valence-electron chi connectivity index (χ2n) is 6.47. The van der Waals surface area contributed by atoms with E-state index in [-0.39, 0.29) is 5.92 Å². The maximum Gasteiger partial charge on any atom is 0.161 e. The van der Waals surface area contributed by atoms with Crippen LogP contribution in [0.2, 0.25) is 0 Å². The molecule has 94 valence electrons. The molecular formula is C16H24O. The third-order valence-corrected chi connectivity index (χ3v) is 5.06. The van der Waals surface area contributed by atoms with Crippen LogP contribution in [0.5, 0.6) is 0 Å². The standard InChI is InChI=1S/C16H24O/c1-10-8-13(9-11(2)15(10)17)14-7-6-12(3)16(14,4)5/h6,8,11,13-14H,7,9H2,1-5H3. The van der Waals surface area contributed by atoms with E-state index in [0.717, 1.165) is 12.0 Å². The van der Waals surface area contributed by atoms with E-state index >= 15 is 0 Å². The van der Waals surface area contributed by atoms with Crippen molar-refractivity contribution in [3.05, 3.63) is 23.3 Å². The monoisotopic (exact) mass is 232 g/mol. The van der Waals surface area contributed by atoms with Crippen LogP contribution in [-0.4, -0.2) is 5.78 Å². The molecule has 0 aromatic carbocycles. The zero-order valence-corrected chi connectivity index (χ0v) is 11.7. The fraction of sp³-hybridized carbons (Fsp3) is 0.688. The molecule has 3 atom stereocenters. The Morgan fingerprint density at radius 1 is 1.29 bits per heavy atom. The van der Waals surface area contributed by atoms with E-state index in [9.17, 15) is 4.79 Å². The molecule has 2 rings (SSSR count). The van der Waals surface area contributed by atoms with E-state index in [1.807, 2.05) is 6.92 Å². The molecule has 0 fully saturated rings. The second-order valence-corrected chi connectivity index (χ2v) is 6.47. The van der Waals surface area contributed by atoms with Gasteiger partial charge in [0.1, 0.15) is 0 Å². The van der Waals surface area contributed by atoms with Gasteiger partial charge in [-0.3, -0.25) is 4.79 Å². The zero-order chi connectivity index (χ0) is 12.8. The summed E-state index contributed by atoms with van der Waals surface area (Å²) in [4.78, 5) is 11.8. The minimum absolute atomic E-state index is 0.210. The van der Waals surface area contributed by atoms with Gasteiger partial charge in [0.15, 0.2) is 5.78 Å². The van der Waals surface area contributed by atoms with Crippen LogP contribution >= 0.6 is 0 Å². The number of hydrogen-bond acceptors (Lipinski definition) is 1. The molecule has 17 heavy (non-hydrogen) atoms. The molecular weight excluding hydrogens is 208 g/mol. The highest BCUT2D eigenvalue weighted by molar-refractivity contribution is 5.97. The van der Waals surface area contributed by atoms with Crippen molar-refractivity contribution in [1.29, 1.82) is 0 Å². The largest absolute Gasteiger partial charge is 0.294 e. The molecule has 0 saturated heterocycles. The highest BCUT2D eigenvalue weighted by atomic mass is 16.1. The number of allylic oxidation sites excluding steroid dienone is 4. The quantitative estimate of drug-likeness (QED) is 0.621. The van der Waals surface area contributed by atoms with Gasteiger partial charge in [-0.05, 0) is 49.5 Å². The van der Waals surface area contributed by atoms with Crippen LogP contribution in [0.25, 0.3) is 0 Å². The highest BCUT2D eigenvalue weighted by Crippen LogP contribution is 2.49. The Morgan fingerprint density at radius 3 is 2.41 bits per heavy atom. The number of rotatable bonds is 1. The molecule has 2 aliphatic rings. The van der Waals surface area contributed by atoms with Gasteiger partial charge >= 0.3 is 0 Å². The number of Topliss-reactive ketones (excluding diaryl/α,β-unsaturated/α-hetero) is 1. The number of ketones is 1. The number of carbonyl (C=O) groups excluding carboxylic acids is 1. The van der Waals surface area contributed by atoms with Crippen LogP contribution in [0.1, 0.15) is 47.5 Å². The fourth-order valence-corrected chi connectivity index (χ4v) is 3.52. The summed E-state index contributed by atoms with van der Waals surface area (Å²) in [5.41, 5.74) is 2.79. The molecule has 0 aromatic heterocycles. The van der Waals surface area contributed by atoms with E-state index in [0.29, 0.717) is 23.0 Å². The molecule has 0 radical (unpaired) electrons. The topological polar surface area (TPSA) is 17.1 Å². The van der Waals surface area contributed by atoms with E-state index in [1.165, 1.54) is 12.0 Å². The maximum absolute atomic E-state index is 11.8. The van der Waals surface area contributed by atoms with Crippen molar-refractivity contribution in [2.45, 2.75) is 47.5 Å². The van der Waals surface area contributed by atoms with E-state index in [1.54, 1.807) is 0 Å². The van der Waals surface area contributed by atoms with Gasteiger partial charge in [-0.1, -0.05) is 38.5 Å². The van der Waals surface area contributed by atoms with Gasteiger partial charge in [-0.25, -0.2) is 0 Å². The first-order valence-electron chi connectivity index (χ1n) is 6.74. The minimum Gasteiger partial charge on any atom is -0.294 e. The van der Waals surface area contributed by atoms with Crippen molar-refractivity contribution in [2.75, 3.05) is 0 Å². The summed E-state index contributed by atoms with van der Waals surface area (Å²) in [7, 11) is 0. The normalized spacial score (nSPS) is 36.8. The van der Waals surface area contributed by atoms with Crippen molar-refractivity contribution in [1.82, 2.24) is 0 Å². The van der Waals surface area contributed by atoms with Gasteiger partial charge in [-0.15, -0.1) is 0 Å². The fourth-order valence-electron chi connectivity index (χ4n) is 3.52. The molecule has 0 heterocycles. The van der Waals surface area contributed by atoms with E-state index in [2.05, 4.69) is 39.8 Å². The zero-order valence-electron chi connectivity index (χ0n) is 11.7. The smallest absolute Gasteiger partial charge is 0.161 e. The first-order chi connectivity index (χ1) is 7.84. The van der Waals surface area contributed by atoms with Crippen LogP contribution in [0.15, 0.2) is 23.3 Å². The first-order valence-corrected chi connectivity index (χ1v) is 6.74. The second kappa shape index (κ2) is 4.12. The Kier molecular flexibility index (Phi) is 3.05. The van der Waals surface area contributed by atoms with Crippen LogP contribution < -0.4 is 0 Å². The third kappa shape index (κ3) is 2.00. The summed E-state index contributed by atoms with van der Waals surface area (Å²) >= 11 is 0.